The summed E-state index contributed by atoms with van der Waals surface area (Å²) in [5.74, 6) is 0.493. The minimum absolute atomic E-state index is 0.0120. The van der Waals surface area contributed by atoms with Crippen molar-refractivity contribution in [3.8, 4) is 11.9 Å². The van der Waals surface area contributed by atoms with Gasteiger partial charge in [0.05, 0.1) is 10.5 Å². The molecule has 6 nitrogen and oxygen atoms in total. The molecule has 0 aliphatic heterocycles. The summed E-state index contributed by atoms with van der Waals surface area (Å²) in [6, 6.07) is 13.7. The van der Waals surface area contributed by atoms with Crippen LogP contribution < -0.4 is 9.46 Å². The number of nitriles is 1. The van der Waals surface area contributed by atoms with Gasteiger partial charge in [0.2, 0.25) is 15.9 Å². The van der Waals surface area contributed by atoms with Gasteiger partial charge in [-0.2, -0.15) is 5.26 Å². The first-order chi connectivity index (χ1) is 12.1. The molecule has 1 N–H and O–H groups in total. The molecule has 1 saturated carbocycles. The van der Waals surface area contributed by atoms with Crippen molar-refractivity contribution in [2.24, 2.45) is 0 Å². The van der Waals surface area contributed by atoms with Gasteiger partial charge in [-0.1, -0.05) is 18.2 Å². The summed E-state index contributed by atoms with van der Waals surface area (Å²) in [7, 11) is -3.48. The largest absolute Gasteiger partial charge is 0.474 e. The van der Waals surface area contributed by atoms with Crippen LogP contribution >= 0.6 is 0 Å². The van der Waals surface area contributed by atoms with Crippen molar-refractivity contribution in [1.82, 2.24) is 9.71 Å². The van der Waals surface area contributed by atoms with Crippen molar-refractivity contribution < 1.29 is 13.2 Å². The minimum Gasteiger partial charge on any atom is -0.474 e. The van der Waals surface area contributed by atoms with Gasteiger partial charge in [0.25, 0.3) is 0 Å². The standard InChI is InChI=1S/C18H19N3O3S/c19-12-14-6-11-18(20-13-14)24-16-9-7-15(8-10-16)21-25(22,23)17-4-2-1-3-5-17/h1-6,11,13,15-16,21H,7-10H2. The van der Waals surface area contributed by atoms with E-state index in [1.807, 2.05) is 6.07 Å². The summed E-state index contributed by atoms with van der Waals surface area (Å²) in [4.78, 5) is 4.39. The van der Waals surface area contributed by atoms with Crippen molar-refractivity contribution >= 4 is 10.0 Å². The lowest BCUT2D eigenvalue weighted by atomic mass is 9.94. The molecule has 0 unspecified atom stereocenters. The highest BCUT2D eigenvalue weighted by Gasteiger charge is 2.26. The van der Waals surface area contributed by atoms with Gasteiger partial charge in [-0.05, 0) is 43.9 Å². The molecule has 0 radical (unpaired) electrons. The molecule has 0 saturated heterocycles. The third kappa shape index (κ3) is 4.56. The van der Waals surface area contributed by atoms with Crippen molar-refractivity contribution in [3.63, 3.8) is 0 Å². The van der Waals surface area contributed by atoms with E-state index in [2.05, 4.69) is 9.71 Å². The fourth-order valence-electron chi connectivity index (χ4n) is 2.87. The van der Waals surface area contributed by atoms with Gasteiger partial charge in [-0.25, -0.2) is 18.1 Å². The third-order valence-electron chi connectivity index (χ3n) is 4.20. The molecule has 1 heterocycles. The van der Waals surface area contributed by atoms with Crippen LogP contribution in [0.5, 0.6) is 5.88 Å². The number of hydrogen-bond donors (Lipinski definition) is 1. The molecule has 1 aliphatic carbocycles. The van der Waals surface area contributed by atoms with Crippen LogP contribution in [0.1, 0.15) is 31.2 Å². The van der Waals surface area contributed by atoms with Crippen molar-refractivity contribution in [2.75, 3.05) is 0 Å². The zero-order chi connectivity index (χ0) is 17.7. The molecule has 7 heteroatoms. The molecule has 2 aromatic rings. The van der Waals surface area contributed by atoms with Crippen molar-refractivity contribution in [3.05, 3.63) is 54.2 Å². The number of nitrogens with zero attached hydrogens (tertiary/aromatic N) is 2. The van der Waals surface area contributed by atoms with E-state index >= 15 is 0 Å². The van der Waals surface area contributed by atoms with Gasteiger partial charge in [0.15, 0.2) is 0 Å². The van der Waals surface area contributed by atoms with Gasteiger partial charge in [-0.15, -0.1) is 0 Å². The number of nitrogens with one attached hydrogen (secondary N) is 1. The minimum atomic E-state index is -3.48. The molecule has 0 spiro atoms. The Hall–Kier alpha value is -2.43. The van der Waals surface area contributed by atoms with E-state index in [1.165, 1.54) is 6.20 Å². The number of ether oxygens (including phenoxy) is 1. The summed E-state index contributed by atoms with van der Waals surface area (Å²) in [5, 5.41) is 8.77. The highest BCUT2D eigenvalue weighted by Crippen LogP contribution is 2.24. The van der Waals surface area contributed by atoms with E-state index in [9.17, 15) is 8.42 Å². The average molecular weight is 357 g/mol. The molecule has 3 rings (SSSR count). The Labute approximate surface area is 147 Å². The zero-order valence-corrected chi connectivity index (χ0v) is 14.4. The Bertz CT molecular complexity index is 837. The summed E-state index contributed by atoms with van der Waals surface area (Å²) in [6.07, 6.45) is 4.43. The average Bonchev–Trinajstić information content (AvgIpc) is 2.64. The fraction of sp³-hybridized carbons (Fsp3) is 0.333. The van der Waals surface area contributed by atoms with Gasteiger partial charge >= 0.3 is 0 Å². The molecule has 25 heavy (non-hydrogen) atoms. The molecule has 0 bridgehead atoms. The van der Waals surface area contributed by atoms with Crippen molar-refractivity contribution in [2.45, 2.75) is 42.7 Å². The molecule has 1 fully saturated rings. The Morgan fingerprint density at radius 1 is 1.08 bits per heavy atom. The normalized spacial score (nSPS) is 20.6. The van der Waals surface area contributed by atoms with Gasteiger partial charge < -0.3 is 4.74 Å². The smallest absolute Gasteiger partial charge is 0.240 e. The number of benzene rings is 1. The van der Waals surface area contributed by atoms with E-state index in [1.54, 1.807) is 42.5 Å². The van der Waals surface area contributed by atoms with E-state index in [-0.39, 0.29) is 17.0 Å². The first-order valence-corrected chi connectivity index (χ1v) is 9.65. The van der Waals surface area contributed by atoms with Crippen LogP contribution in [0.4, 0.5) is 0 Å². The van der Waals surface area contributed by atoms with Crippen LogP contribution in [-0.4, -0.2) is 25.5 Å². The van der Waals surface area contributed by atoms with Gasteiger partial charge in [0, 0.05) is 18.3 Å². The lowest BCUT2D eigenvalue weighted by molar-refractivity contribution is 0.138. The Morgan fingerprint density at radius 2 is 1.80 bits per heavy atom. The molecular weight excluding hydrogens is 338 g/mol. The van der Waals surface area contributed by atoms with Gasteiger partial charge in [-0.3, -0.25) is 0 Å². The van der Waals surface area contributed by atoms with Crippen LogP contribution in [0.2, 0.25) is 0 Å². The summed E-state index contributed by atoms with van der Waals surface area (Å²) >= 11 is 0. The SMILES string of the molecule is N#Cc1ccc(OC2CCC(NS(=O)(=O)c3ccccc3)CC2)nc1. The predicted molar refractivity (Wildman–Crippen MR) is 92.4 cm³/mol. The summed E-state index contributed by atoms with van der Waals surface area (Å²) in [6.45, 7) is 0. The van der Waals surface area contributed by atoms with Crippen LogP contribution in [0.15, 0.2) is 53.6 Å². The number of sulfonamides is 1. The van der Waals surface area contributed by atoms with Gasteiger partial charge in [0.1, 0.15) is 12.2 Å². The molecule has 130 valence electrons. The third-order valence-corrected chi connectivity index (χ3v) is 5.74. The van der Waals surface area contributed by atoms with E-state index in [4.69, 9.17) is 10.00 Å². The maximum absolute atomic E-state index is 12.4. The van der Waals surface area contributed by atoms with Crippen molar-refractivity contribution in [1.29, 1.82) is 5.26 Å². The molecular formula is C18H19N3O3S. The highest BCUT2D eigenvalue weighted by atomic mass is 32.2. The second-order valence-corrected chi connectivity index (χ2v) is 7.74. The van der Waals surface area contributed by atoms with Crippen LogP contribution in [0.25, 0.3) is 0 Å². The molecule has 1 aromatic carbocycles. The first kappa shape index (κ1) is 17.4. The molecule has 0 amide bonds. The summed E-state index contributed by atoms with van der Waals surface area (Å²) in [5.41, 5.74) is 0.492. The Balaban J connectivity index is 1.52. The lowest BCUT2D eigenvalue weighted by Crippen LogP contribution is -2.39. The second-order valence-electron chi connectivity index (χ2n) is 6.02. The Kier molecular flexibility index (Phi) is 5.31. The number of pyridine rings is 1. The molecule has 1 aliphatic rings. The highest BCUT2D eigenvalue weighted by molar-refractivity contribution is 7.89. The van der Waals surface area contributed by atoms with E-state index < -0.39 is 10.0 Å². The first-order valence-electron chi connectivity index (χ1n) is 8.17. The van der Waals surface area contributed by atoms with E-state index in [0.717, 1.165) is 12.8 Å². The maximum Gasteiger partial charge on any atom is 0.240 e. The maximum atomic E-state index is 12.4. The molecule has 0 atom stereocenters. The quantitative estimate of drug-likeness (QED) is 0.888. The lowest BCUT2D eigenvalue weighted by Gasteiger charge is -2.29. The zero-order valence-electron chi connectivity index (χ0n) is 13.6. The van der Waals surface area contributed by atoms with E-state index in [0.29, 0.717) is 24.3 Å². The monoisotopic (exact) mass is 357 g/mol. The molecule has 1 aromatic heterocycles. The van der Waals surface area contributed by atoms with Crippen LogP contribution in [-0.2, 0) is 10.0 Å². The fourth-order valence-corrected chi connectivity index (χ4v) is 4.20. The Morgan fingerprint density at radius 3 is 2.40 bits per heavy atom. The van der Waals surface area contributed by atoms with Crippen LogP contribution in [0.3, 0.4) is 0 Å². The predicted octanol–water partition coefficient (Wildman–Crippen LogP) is 2.62. The van der Waals surface area contributed by atoms with Crippen LogP contribution in [0, 0.1) is 11.3 Å². The number of hydrogen-bond acceptors (Lipinski definition) is 5. The summed E-state index contributed by atoms with van der Waals surface area (Å²) < 4.78 is 33.3. The second kappa shape index (κ2) is 7.64. The topological polar surface area (TPSA) is 92.1 Å². The number of aromatic nitrogens is 1. The number of rotatable bonds is 5.